The van der Waals surface area contributed by atoms with Crippen LogP contribution in [0.2, 0.25) is 5.02 Å². The van der Waals surface area contributed by atoms with E-state index in [1.54, 1.807) is 14.0 Å². The average molecular weight is 297 g/mol. The Hall–Kier alpha value is -2.15. The summed E-state index contributed by atoms with van der Waals surface area (Å²) in [7, 11) is 1.66. The minimum atomic E-state index is -0.719. The van der Waals surface area contributed by atoms with Crippen LogP contribution in [0.25, 0.3) is 0 Å². The van der Waals surface area contributed by atoms with Gasteiger partial charge < -0.3 is 10.2 Å². The first kappa shape index (κ1) is 14.3. The van der Waals surface area contributed by atoms with Crippen molar-refractivity contribution in [1.29, 1.82) is 0 Å². The number of nitrogens with one attached hydrogen (secondary N) is 2. The summed E-state index contributed by atoms with van der Waals surface area (Å²) in [4.78, 5) is 40.4. The van der Waals surface area contributed by atoms with E-state index in [4.69, 9.17) is 11.6 Å². The standard InChI is InChI=1S/C12H13ClN4O3/c1-6-11(19)16-9(18)5-17(6)12(20)7-3-8(13)10(14-2)15-4-7/h3-4,6H,5H2,1-2H3,(H,14,15)(H,16,18,19). The molecule has 1 aromatic rings. The van der Waals surface area contributed by atoms with Crippen LogP contribution in [0.15, 0.2) is 12.3 Å². The summed E-state index contributed by atoms with van der Waals surface area (Å²) in [6.07, 6.45) is 1.35. The molecule has 7 nitrogen and oxygen atoms in total. The predicted molar refractivity (Wildman–Crippen MR) is 72.4 cm³/mol. The summed E-state index contributed by atoms with van der Waals surface area (Å²) >= 11 is 5.96. The van der Waals surface area contributed by atoms with E-state index in [9.17, 15) is 14.4 Å². The number of hydrogen-bond donors (Lipinski definition) is 2. The Morgan fingerprint density at radius 3 is 2.85 bits per heavy atom. The Bertz CT molecular complexity index is 590. The highest BCUT2D eigenvalue weighted by Crippen LogP contribution is 2.21. The Morgan fingerprint density at radius 1 is 1.55 bits per heavy atom. The van der Waals surface area contributed by atoms with Gasteiger partial charge in [0.05, 0.1) is 10.6 Å². The van der Waals surface area contributed by atoms with Crippen molar-refractivity contribution in [2.45, 2.75) is 13.0 Å². The molecule has 1 atom stereocenters. The molecule has 1 saturated heterocycles. The lowest BCUT2D eigenvalue weighted by atomic mass is 10.1. The monoisotopic (exact) mass is 296 g/mol. The normalized spacial score (nSPS) is 18.8. The second kappa shape index (κ2) is 5.46. The van der Waals surface area contributed by atoms with E-state index in [1.165, 1.54) is 17.2 Å². The molecule has 0 saturated carbocycles. The number of aromatic nitrogens is 1. The van der Waals surface area contributed by atoms with E-state index < -0.39 is 23.8 Å². The molecule has 1 aliphatic rings. The van der Waals surface area contributed by atoms with Crippen LogP contribution in [0.5, 0.6) is 0 Å². The van der Waals surface area contributed by atoms with Gasteiger partial charge in [-0.1, -0.05) is 11.6 Å². The van der Waals surface area contributed by atoms with E-state index in [2.05, 4.69) is 15.6 Å². The molecule has 2 rings (SSSR count). The molecule has 3 amide bonds. The highest BCUT2D eigenvalue weighted by atomic mass is 35.5. The number of carbonyl (C=O) groups is 3. The Balaban J connectivity index is 2.28. The van der Waals surface area contributed by atoms with Gasteiger partial charge in [-0.2, -0.15) is 0 Å². The molecule has 106 valence electrons. The Morgan fingerprint density at radius 2 is 2.25 bits per heavy atom. The third-order valence-corrected chi connectivity index (χ3v) is 3.30. The number of carbonyl (C=O) groups excluding carboxylic acids is 3. The molecule has 20 heavy (non-hydrogen) atoms. The Labute approximate surface area is 120 Å². The molecular weight excluding hydrogens is 284 g/mol. The molecule has 0 bridgehead atoms. The van der Waals surface area contributed by atoms with Gasteiger partial charge in [0.2, 0.25) is 11.8 Å². The molecule has 8 heteroatoms. The minimum Gasteiger partial charge on any atom is -0.372 e. The number of imide groups is 1. The number of rotatable bonds is 2. The van der Waals surface area contributed by atoms with Gasteiger partial charge in [-0.05, 0) is 13.0 Å². The molecule has 1 aromatic heterocycles. The average Bonchev–Trinajstić information content (AvgIpc) is 2.42. The lowest BCUT2D eigenvalue weighted by molar-refractivity contribution is -0.138. The molecular formula is C12H13ClN4O3. The lowest BCUT2D eigenvalue weighted by Crippen LogP contribution is -2.58. The number of pyridine rings is 1. The molecule has 1 unspecified atom stereocenters. The molecule has 1 aliphatic heterocycles. The number of anilines is 1. The van der Waals surface area contributed by atoms with Crippen LogP contribution in [-0.4, -0.2) is 47.2 Å². The SMILES string of the molecule is CNc1ncc(C(=O)N2CC(=O)NC(=O)C2C)cc1Cl. The van der Waals surface area contributed by atoms with Gasteiger partial charge in [-0.15, -0.1) is 0 Å². The maximum absolute atomic E-state index is 12.3. The van der Waals surface area contributed by atoms with Crippen LogP contribution in [0, 0.1) is 0 Å². The fraction of sp³-hybridized carbons (Fsp3) is 0.333. The van der Waals surface area contributed by atoms with Crippen molar-refractivity contribution in [2.75, 3.05) is 18.9 Å². The van der Waals surface area contributed by atoms with Crippen molar-refractivity contribution in [2.24, 2.45) is 0 Å². The van der Waals surface area contributed by atoms with Gasteiger partial charge in [0.15, 0.2) is 0 Å². The van der Waals surface area contributed by atoms with Gasteiger partial charge in [0.1, 0.15) is 18.4 Å². The maximum Gasteiger partial charge on any atom is 0.256 e. The molecule has 0 aromatic carbocycles. The van der Waals surface area contributed by atoms with E-state index in [0.717, 1.165) is 0 Å². The van der Waals surface area contributed by atoms with Crippen LogP contribution >= 0.6 is 11.6 Å². The Kier molecular flexibility index (Phi) is 3.89. The molecule has 0 spiro atoms. The van der Waals surface area contributed by atoms with Gasteiger partial charge in [0, 0.05) is 13.2 Å². The van der Waals surface area contributed by atoms with Crippen LogP contribution in [0.3, 0.4) is 0 Å². The molecule has 2 heterocycles. The van der Waals surface area contributed by atoms with E-state index >= 15 is 0 Å². The smallest absolute Gasteiger partial charge is 0.256 e. The largest absolute Gasteiger partial charge is 0.372 e. The third kappa shape index (κ3) is 2.57. The summed E-state index contributed by atoms with van der Waals surface area (Å²) in [6.45, 7) is 1.38. The van der Waals surface area contributed by atoms with Gasteiger partial charge >= 0.3 is 0 Å². The quantitative estimate of drug-likeness (QED) is 0.764. The third-order valence-electron chi connectivity index (χ3n) is 3.01. The van der Waals surface area contributed by atoms with E-state index in [0.29, 0.717) is 10.8 Å². The van der Waals surface area contributed by atoms with Crippen molar-refractivity contribution >= 4 is 35.1 Å². The summed E-state index contributed by atoms with van der Waals surface area (Å²) in [5, 5.41) is 5.24. The fourth-order valence-corrected chi connectivity index (χ4v) is 2.13. The lowest BCUT2D eigenvalue weighted by Gasteiger charge is -2.31. The summed E-state index contributed by atoms with van der Waals surface area (Å²) < 4.78 is 0. The van der Waals surface area contributed by atoms with Crippen LogP contribution < -0.4 is 10.6 Å². The maximum atomic E-state index is 12.3. The van der Waals surface area contributed by atoms with Crippen molar-refractivity contribution in [3.63, 3.8) is 0 Å². The van der Waals surface area contributed by atoms with Gasteiger partial charge in [0.25, 0.3) is 5.91 Å². The molecule has 1 fully saturated rings. The number of piperazine rings is 1. The second-order valence-electron chi connectivity index (χ2n) is 4.33. The van der Waals surface area contributed by atoms with E-state index in [1.807, 2.05) is 0 Å². The highest BCUT2D eigenvalue weighted by Gasteiger charge is 2.34. The van der Waals surface area contributed by atoms with Crippen molar-refractivity contribution in [3.05, 3.63) is 22.8 Å². The zero-order valence-corrected chi connectivity index (χ0v) is 11.7. The predicted octanol–water partition coefficient (Wildman–Crippen LogP) is 0.264. The molecule has 0 radical (unpaired) electrons. The molecule has 0 aliphatic carbocycles. The zero-order valence-electron chi connectivity index (χ0n) is 10.9. The summed E-state index contributed by atoms with van der Waals surface area (Å²) in [5.74, 6) is -1.02. The highest BCUT2D eigenvalue weighted by molar-refractivity contribution is 6.33. The number of amides is 3. The summed E-state index contributed by atoms with van der Waals surface area (Å²) in [5.41, 5.74) is 0.225. The topological polar surface area (TPSA) is 91.4 Å². The number of hydrogen-bond acceptors (Lipinski definition) is 5. The zero-order chi connectivity index (χ0) is 14.9. The van der Waals surface area contributed by atoms with E-state index in [-0.39, 0.29) is 12.1 Å². The van der Waals surface area contributed by atoms with Crippen molar-refractivity contribution in [3.8, 4) is 0 Å². The first-order valence-corrected chi connectivity index (χ1v) is 6.29. The van der Waals surface area contributed by atoms with Crippen LogP contribution in [0.1, 0.15) is 17.3 Å². The van der Waals surface area contributed by atoms with Crippen LogP contribution in [0.4, 0.5) is 5.82 Å². The molecule has 2 N–H and O–H groups in total. The number of nitrogens with zero attached hydrogens (tertiary/aromatic N) is 2. The van der Waals surface area contributed by atoms with Gasteiger partial charge in [-0.25, -0.2) is 4.98 Å². The second-order valence-corrected chi connectivity index (χ2v) is 4.73. The number of halogens is 1. The first-order chi connectivity index (χ1) is 9.43. The van der Waals surface area contributed by atoms with Crippen molar-refractivity contribution in [1.82, 2.24) is 15.2 Å². The van der Waals surface area contributed by atoms with Gasteiger partial charge in [-0.3, -0.25) is 19.7 Å². The first-order valence-electron chi connectivity index (χ1n) is 5.92. The van der Waals surface area contributed by atoms with Crippen LogP contribution in [-0.2, 0) is 9.59 Å². The minimum absolute atomic E-state index is 0.170. The summed E-state index contributed by atoms with van der Waals surface area (Å²) in [6, 6.07) is 0.731. The fourth-order valence-electron chi connectivity index (χ4n) is 1.87. The van der Waals surface area contributed by atoms with Crippen molar-refractivity contribution < 1.29 is 14.4 Å².